The fraction of sp³-hybridized carbons (Fsp3) is 0. The van der Waals surface area contributed by atoms with Crippen LogP contribution in [0.15, 0.2) is 425 Å². The molecule has 0 aromatic heterocycles. The highest BCUT2D eigenvalue weighted by Gasteiger charge is 2.17. The van der Waals surface area contributed by atoms with E-state index >= 15 is 0 Å². The molecule has 0 heteroatoms. The molecule has 22 rings (SSSR count). The highest BCUT2D eigenvalue weighted by atomic mass is 14.2. The van der Waals surface area contributed by atoms with Gasteiger partial charge in [0.25, 0.3) is 0 Å². The molecule has 0 bridgehead atoms. The minimum atomic E-state index is 1.23. The zero-order chi connectivity index (χ0) is 71.4. The summed E-state index contributed by atoms with van der Waals surface area (Å²) in [5.41, 5.74) is 17.3. The fourth-order valence-electron chi connectivity index (χ4n) is 17.1. The topological polar surface area (TPSA) is 0 Å². The number of fused-ring (bicyclic) bond motifs is 24. The Morgan fingerprint density at radius 3 is 0.361 bits per heavy atom. The minimum Gasteiger partial charge on any atom is -0.0622 e. The van der Waals surface area contributed by atoms with Crippen molar-refractivity contribution in [3.8, 4) is 77.9 Å². The average Bonchev–Trinajstić information content (AvgIpc) is 0.760. The van der Waals surface area contributed by atoms with Gasteiger partial charge in [-0.1, -0.05) is 376 Å². The summed E-state index contributed by atoms with van der Waals surface area (Å²) in [7, 11) is 0. The van der Waals surface area contributed by atoms with Crippen molar-refractivity contribution in [3.05, 3.63) is 425 Å². The molecule has 0 nitrogen and oxygen atoms in total. The fourth-order valence-corrected chi connectivity index (χ4v) is 17.1. The van der Waals surface area contributed by atoms with Crippen molar-refractivity contribution in [1.29, 1.82) is 0 Å². The Kier molecular flexibility index (Phi) is 16.0. The first-order valence-corrected chi connectivity index (χ1v) is 37.4. The molecular formula is C108H70. The van der Waals surface area contributed by atoms with E-state index in [-0.39, 0.29) is 0 Å². The quantitative estimate of drug-likeness (QED) is 0.140. The van der Waals surface area contributed by atoms with Crippen LogP contribution < -0.4 is 0 Å². The first-order valence-electron chi connectivity index (χ1n) is 37.4. The molecule has 0 radical (unpaired) electrons. The van der Waals surface area contributed by atoms with E-state index in [1.165, 1.54) is 207 Å². The van der Waals surface area contributed by atoms with Crippen molar-refractivity contribution in [2.75, 3.05) is 0 Å². The predicted molar refractivity (Wildman–Crippen MR) is 467 cm³/mol. The third kappa shape index (κ3) is 11.4. The number of hydrogen-bond acceptors (Lipinski definition) is 0. The van der Waals surface area contributed by atoms with Crippen LogP contribution in [0.1, 0.15) is 0 Å². The van der Waals surface area contributed by atoms with E-state index in [1.807, 2.05) is 0 Å². The van der Waals surface area contributed by atoms with Gasteiger partial charge in [0, 0.05) is 0 Å². The monoisotopic (exact) mass is 1370 g/mol. The van der Waals surface area contributed by atoms with E-state index in [0.29, 0.717) is 0 Å². The van der Waals surface area contributed by atoms with Gasteiger partial charge in [-0.15, -0.1) is 0 Å². The highest BCUT2D eigenvalue weighted by molar-refractivity contribution is 6.29. The number of rotatable bonds is 7. The van der Waals surface area contributed by atoms with Crippen LogP contribution >= 0.6 is 0 Å². The number of hydrogen-bond donors (Lipinski definition) is 0. The van der Waals surface area contributed by atoms with Crippen LogP contribution in [0.4, 0.5) is 0 Å². The molecular weight excluding hydrogens is 1300 g/mol. The first kappa shape index (κ1) is 63.6. The molecule has 22 aromatic rings. The SMILES string of the molecule is c1cc(-c2ccc3c4ccccc4c4ccccc4c3c2)cc(-c2ccc3c4ccccc4c4ccccc4c3c2)c1.c1ccc(-c2cccc(-c3ccc4c5ccccc5c5ccccc5c4c3)c2)cc1.c1ccc(-c2cccc(-c3cccc(-c4ccc5c6ccccc6c6ccccc6c5c4)c3)c2)cc1. The van der Waals surface area contributed by atoms with Crippen LogP contribution in [0.2, 0.25) is 0 Å². The second kappa shape index (κ2) is 27.2. The van der Waals surface area contributed by atoms with Gasteiger partial charge in [-0.05, 0) is 256 Å². The van der Waals surface area contributed by atoms with Crippen LogP contribution in [-0.4, -0.2) is 0 Å². The predicted octanol–water partition coefficient (Wildman–Crippen LogP) is 30.6. The van der Waals surface area contributed by atoms with Crippen LogP contribution in [0, 0.1) is 0 Å². The Morgan fingerprint density at radius 2 is 0.185 bits per heavy atom. The Labute approximate surface area is 627 Å². The molecule has 0 aliphatic carbocycles. The summed E-state index contributed by atoms with van der Waals surface area (Å²) in [5, 5.41) is 31.4. The molecule has 502 valence electrons. The highest BCUT2D eigenvalue weighted by Crippen LogP contribution is 2.44. The van der Waals surface area contributed by atoms with Gasteiger partial charge in [-0.2, -0.15) is 0 Å². The van der Waals surface area contributed by atoms with E-state index in [9.17, 15) is 0 Å². The second-order valence-corrected chi connectivity index (χ2v) is 28.5. The van der Waals surface area contributed by atoms with Crippen molar-refractivity contribution in [1.82, 2.24) is 0 Å². The Balaban J connectivity index is 0.000000108. The van der Waals surface area contributed by atoms with Crippen molar-refractivity contribution < 1.29 is 0 Å². The number of benzene rings is 22. The maximum absolute atomic E-state index is 2.38. The lowest BCUT2D eigenvalue weighted by Gasteiger charge is -2.13. The second-order valence-electron chi connectivity index (χ2n) is 28.5. The third-order valence-corrected chi connectivity index (χ3v) is 22.3. The van der Waals surface area contributed by atoms with E-state index in [1.54, 1.807) is 0 Å². The molecule has 0 amide bonds. The van der Waals surface area contributed by atoms with Gasteiger partial charge < -0.3 is 0 Å². The van der Waals surface area contributed by atoms with E-state index < -0.39 is 0 Å². The molecule has 0 N–H and O–H groups in total. The lowest BCUT2D eigenvalue weighted by atomic mass is 9.90. The largest absolute Gasteiger partial charge is 0.0622 e. The van der Waals surface area contributed by atoms with Gasteiger partial charge in [-0.3, -0.25) is 0 Å². The van der Waals surface area contributed by atoms with E-state index in [4.69, 9.17) is 0 Å². The molecule has 0 unspecified atom stereocenters. The molecule has 0 heterocycles. The molecule has 0 fully saturated rings. The Morgan fingerprint density at radius 1 is 0.0648 bits per heavy atom. The van der Waals surface area contributed by atoms with Crippen LogP contribution in [-0.2, 0) is 0 Å². The van der Waals surface area contributed by atoms with Gasteiger partial charge in [-0.25, -0.2) is 0 Å². The molecule has 0 spiro atoms. The molecule has 0 aliphatic heterocycles. The molecule has 0 saturated carbocycles. The lowest BCUT2D eigenvalue weighted by molar-refractivity contribution is 1.58. The summed E-state index contributed by atoms with van der Waals surface area (Å²) in [6.07, 6.45) is 0. The van der Waals surface area contributed by atoms with Crippen molar-refractivity contribution in [2.45, 2.75) is 0 Å². The van der Waals surface area contributed by atoms with Crippen LogP contribution in [0.3, 0.4) is 0 Å². The van der Waals surface area contributed by atoms with Crippen LogP contribution in [0.5, 0.6) is 0 Å². The van der Waals surface area contributed by atoms with Gasteiger partial charge in [0.1, 0.15) is 0 Å². The summed E-state index contributed by atoms with van der Waals surface area (Å²) in [6, 6.07) is 155. The summed E-state index contributed by atoms with van der Waals surface area (Å²) in [5.74, 6) is 0. The van der Waals surface area contributed by atoms with E-state index in [0.717, 1.165) is 0 Å². The zero-order valence-electron chi connectivity index (χ0n) is 59.4. The van der Waals surface area contributed by atoms with Gasteiger partial charge >= 0.3 is 0 Å². The minimum absolute atomic E-state index is 1.23. The third-order valence-electron chi connectivity index (χ3n) is 22.3. The van der Waals surface area contributed by atoms with E-state index in [2.05, 4.69) is 425 Å². The molecule has 0 saturated heterocycles. The summed E-state index contributed by atoms with van der Waals surface area (Å²) >= 11 is 0. The lowest BCUT2D eigenvalue weighted by Crippen LogP contribution is -1.87. The van der Waals surface area contributed by atoms with Gasteiger partial charge in [0.2, 0.25) is 0 Å². The van der Waals surface area contributed by atoms with Crippen molar-refractivity contribution >= 4 is 129 Å². The first-order chi connectivity index (χ1) is 53.6. The Bertz CT molecular complexity index is 6970. The van der Waals surface area contributed by atoms with Gasteiger partial charge in [0.05, 0.1) is 0 Å². The molecule has 22 aromatic carbocycles. The molecule has 108 heavy (non-hydrogen) atoms. The summed E-state index contributed by atoms with van der Waals surface area (Å²) in [6.45, 7) is 0. The standard InChI is InChI=1S/C42H26.C36H24.C30H20/c1-3-16-35-31(12-1)33-14-5-7-18-37(33)41-25-29(20-22-39(35)41)27-10-9-11-28(24-27)30-21-23-40-36-17-4-2-13-32(36)34-15-6-8-19-38(34)42(40)26-30;1-2-10-25(11-3-1)26-12-8-13-27(22-26)28-14-9-15-29(23-28)30-20-21-35-33-18-5-4-16-31(33)32-17-6-7-19-34(32)36(35)24-30;1-2-9-21(10-3-1)22-11-8-12-23(19-22)24-17-18-29-27-15-5-4-13-25(27)26-14-6-7-16-28(26)30(29)20-24/h1-26H;1-24H;1-20H. The van der Waals surface area contributed by atoms with Crippen LogP contribution in [0.25, 0.3) is 207 Å². The normalized spacial score (nSPS) is 11.5. The smallest absolute Gasteiger partial charge is 0.00928 e. The maximum atomic E-state index is 2.38. The molecule has 0 aliphatic rings. The summed E-state index contributed by atoms with van der Waals surface area (Å²) < 4.78 is 0. The maximum Gasteiger partial charge on any atom is -0.00928 e. The summed E-state index contributed by atoms with van der Waals surface area (Å²) in [4.78, 5) is 0. The average molecular weight is 1370 g/mol. The Hall–Kier alpha value is -14.0. The van der Waals surface area contributed by atoms with Crippen molar-refractivity contribution in [2.24, 2.45) is 0 Å². The van der Waals surface area contributed by atoms with Gasteiger partial charge in [0.15, 0.2) is 0 Å². The molecule has 0 atom stereocenters. The van der Waals surface area contributed by atoms with Crippen molar-refractivity contribution in [3.63, 3.8) is 0 Å². The zero-order valence-corrected chi connectivity index (χ0v) is 59.4.